The van der Waals surface area contributed by atoms with Crippen LogP contribution in [0.15, 0.2) is 41.3 Å². The lowest BCUT2D eigenvalue weighted by Crippen LogP contribution is -2.23. The number of amides is 1. The minimum Gasteiger partial charge on any atom is -0.452 e. The first kappa shape index (κ1) is 23.5. The van der Waals surface area contributed by atoms with Crippen LogP contribution >= 0.6 is 0 Å². The van der Waals surface area contributed by atoms with Crippen LogP contribution in [-0.2, 0) is 19.6 Å². The van der Waals surface area contributed by atoms with E-state index in [9.17, 15) is 22.4 Å². The van der Waals surface area contributed by atoms with E-state index < -0.39 is 44.8 Å². The van der Waals surface area contributed by atoms with Crippen molar-refractivity contribution < 1.29 is 27.1 Å². The van der Waals surface area contributed by atoms with Crippen molar-refractivity contribution in [3.63, 3.8) is 0 Å². The summed E-state index contributed by atoms with van der Waals surface area (Å²) in [6, 6.07) is 8.24. The number of sulfonamides is 1. The highest BCUT2D eigenvalue weighted by Crippen LogP contribution is 2.32. The van der Waals surface area contributed by atoms with E-state index in [0.717, 1.165) is 29.3 Å². The molecule has 9 heteroatoms. The van der Waals surface area contributed by atoms with Crippen LogP contribution in [0.5, 0.6) is 0 Å². The number of hydrogen-bond acceptors (Lipinski definition) is 5. The first-order chi connectivity index (χ1) is 13.9. The molecule has 0 unspecified atom stereocenters. The van der Waals surface area contributed by atoms with Crippen LogP contribution in [0, 0.1) is 5.82 Å². The summed E-state index contributed by atoms with van der Waals surface area (Å²) < 4.78 is 41.6. The quantitative estimate of drug-likeness (QED) is 0.645. The Bertz CT molecular complexity index is 1040. The lowest BCUT2D eigenvalue weighted by atomic mass is 9.92. The molecule has 0 aliphatic carbocycles. The number of ether oxygens (including phenoxy) is 1. The van der Waals surface area contributed by atoms with Gasteiger partial charge in [-0.05, 0) is 41.2 Å². The van der Waals surface area contributed by atoms with Gasteiger partial charge < -0.3 is 10.1 Å². The smallest absolute Gasteiger partial charge is 0.341 e. The third kappa shape index (κ3) is 5.64. The molecule has 2 rings (SSSR count). The van der Waals surface area contributed by atoms with Gasteiger partial charge in [-0.3, -0.25) is 4.79 Å². The number of rotatable bonds is 7. The molecule has 30 heavy (non-hydrogen) atoms. The number of benzene rings is 2. The topological polar surface area (TPSA) is 116 Å². The molecule has 0 fully saturated rings. The number of nitrogens with one attached hydrogen (secondary N) is 1. The second kappa shape index (κ2) is 9.36. The van der Waals surface area contributed by atoms with Gasteiger partial charge in [-0.15, -0.1) is 0 Å². The summed E-state index contributed by atoms with van der Waals surface area (Å²) in [5.41, 5.74) is 1.91. The van der Waals surface area contributed by atoms with E-state index in [-0.39, 0.29) is 11.8 Å². The summed E-state index contributed by atoms with van der Waals surface area (Å²) in [6.07, 6.45) is 0. The van der Waals surface area contributed by atoms with Crippen molar-refractivity contribution in [1.29, 1.82) is 0 Å². The summed E-state index contributed by atoms with van der Waals surface area (Å²) in [7, 11) is -4.13. The van der Waals surface area contributed by atoms with Crippen LogP contribution in [0.25, 0.3) is 0 Å². The SMILES string of the molecule is CC(C)c1cccc(C(C)C)c1NC(=O)COC(=O)c1cc(S(N)(=O)=O)ccc1F. The molecule has 2 aromatic rings. The van der Waals surface area contributed by atoms with Crippen molar-refractivity contribution in [2.45, 2.75) is 44.4 Å². The number of esters is 1. The average molecular weight is 437 g/mol. The minimum atomic E-state index is -4.13. The molecule has 2 aromatic carbocycles. The molecule has 0 aliphatic heterocycles. The zero-order chi connectivity index (χ0) is 22.6. The zero-order valence-electron chi connectivity index (χ0n) is 17.2. The molecule has 0 heterocycles. The van der Waals surface area contributed by atoms with Crippen LogP contribution in [0.1, 0.15) is 61.0 Å². The third-order valence-corrected chi connectivity index (χ3v) is 5.37. The Morgan fingerprint density at radius 3 is 2.13 bits per heavy atom. The highest BCUT2D eigenvalue weighted by atomic mass is 32.2. The van der Waals surface area contributed by atoms with Crippen molar-refractivity contribution in [3.8, 4) is 0 Å². The summed E-state index contributed by atoms with van der Waals surface area (Å²) in [5.74, 6) is -2.45. The summed E-state index contributed by atoms with van der Waals surface area (Å²) in [5, 5.41) is 7.77. The van der Waals surface area contributed by atoms with Crippen molar-refractivity contribution in [2.24, 2.45) is 5.14 Å². The molecule has 0 atom stereocenters. The summed E-state index contributed by atoms with van der Waals surface area (Å²) in [4.78, 5) is 24.1. The van der Waals surface area contributed by atoms with Gasteiger partial charge in [0.25, 0.3) is 5.91 Å². The predicted molar refractivity (Wildman–Crippen MR) is 111 cm³/mol. The Hall–Kier alpha value is -2.78. The third-order valence-electron chi connectivity index (χ3n) is 4.46. The number of carbonyl (C=O) groups is 2. The lowest BCUT2D eigenvalue weighted by Gasteiger charge is -2.20. The monoisotopic (exact) mass is 436 g/mol. The average Bonchev–Trinajstić information content (AvgIpc) is 2.65. The fourth-order valence-electron chi connectivity index (χ4n) is 2.92. The number of carbonyl (C=O) groups excluding carboxylic acids is 2. The Kier molecular flexibility index (Phi) is 7.33. The number of para-hydroxylation sites is 1. The van der Waals surface area contributed by atoms with Crippen molar-refractivity contribution in [3.05, 3.63) is 58.9 Å². The molecular formula is C21H25FN2O5S. The van der Waals surface area contributed by atoms with Crippen LogP contribution in [0.4, 0.5) is 10.1 Å². The Labute approximate surface area is 175 Å². The molecule has 0 aromatic heterocycles. The first-order valence-corrected chi connectivity index (χ1v) is 10.9. The molecular weight excluding hydrogens is 411 g/mol. The molecule has 1 amide bonds. The van der Waals surface area contributed by atoms with Gasteiger partial charge in [0.2, 0.25) is 10.0 Å². The van der Waals surface area contributed by atoms with Crippen LogP contribution in [0.3, 0.4) is 0 Å². The number of anilines is 1. The fraction of sp³-hybridized carbons (Fsp3) is 0.333. The molecule has 0 saturated heterocycles. The lowest BCUT2D eigenvalue weighted by molar-refractivity contribution is -0.119. The molecule has 7 nitrogen and oxygen atoms in total. The van der Waals surface area contributed by atoms with E-state index in [4.69, 9.17) is 9.88 Å². The molecule has 3 N–H and O–H groups in total. The Morgan fingerprint density at radius 2 is 1.63 bits per heavy atom. The van der Waals surface area contributed by atoms with E-state index in [0.29, 0.717) is 5.69 Å². The normalized spacial score (nSPS) is 11.6. The highest BCUT2D eigenvalue weighted by Gasteiger charge is 2.20. The maximum absolute atomic E-state index is 13.9. The number of primary sulfonamides is 1. The largest absolute Gasteiger partial charge is 0.452 e. The predicted octanol–water partition coefficient (Wildman–Crippen LogP) is 3.52. The van der Waals surface area contributed by atoms with Gasteiger partial charge in [0.05, 0.1) is 10.5 Å². The molecule has 0 spiro atoms. The van der Waals surface area contributed by atoms with Crippen LogP contribution < -0.4 is 10.5 Å². The van der Waals surface area contributed by atoms with Gasteiger partial charge in [0, 0.05) is 5.69 Å². The summed E-state index contributed by atoms with van der Waals surface area (Å²) in [6.45, 7) is 7.32. The molecule has 0 saturated carbocycles. The maximum atomic E-state index is 13.9. The van der Waals surface area contributed by atoms with Crippen molar-refractivity contribution >= 4 is 27.6 Å². The number of nitrogens with two attached hydrogens (primary N) is 1. The van der Waals surface area contributed by atoms with Gasteiger partial charge in [-0.25, -0.2) is 22.7 Å². The van der Waals surface area contributed by atoms with Gasteiger partial charge >= 0.3 is 5.97 Å². The second-order valence-corrected chi connectivity index (χ2v) is 8.99. The van der Waals surface area contributed by atoms with Gasteiger partial charge in [0.15, 0.2) is 6.61 Å². The van der Waals surface area contributed by atoms with Gasteiger partial charge in [0.1, 0.15) is 5.82 Å². The van der Waals surface area contributed by atoms with Gasteiger partial charge in [-0.2, -0.15) is 0 Å². The Balaban J connectivity index is 2.17. The number of halogens is 1. The van der Waals surface area contributed by atoms with E-state index in [2.05, 4.69) is 5.32 Å². The Morgan fingerprint density at radius 1 is 1.07 bits per heavy atom. The summed E-state index contributed by atoms with van der Waals surface area (Å²) >= 11 is 0. The minimum absolute atomic E-state index is 0.150. The maximum Gasteiger partial charge on any atom is 0.341 e. The zero-order valence-corrected chi connectivity index (χ0v) is 18.0. The van der Waals surface area contributed by atoms with Crippen LogP contribution in [0.2, 0.25) is 0 Å². The molecule has 0 radical (unpaired) electrons. The van der Waals surface area contributed by atoms with E-state index in [1.165, 1.54) is 0 Å². The van der Waals surface area contributed by atoms with E-state index in [1.54, 1.807) is 0 Å². The number of hydrogen-bond donors (Lipinski definition) is 2. The first-order valence-electron chi connectivity index (χ1n) is 9.34. The standard InChI is InChI=1S/C21H25FN2O5S/c1-12(2)15-6-5-7-16(13(3)4)20(15)24-19(25)11-29-21(26)17-10-14(30(23,27)28)8-9-18(17)22/h5-10,12-13H,11H2,1-4H3,(H,24,25)(H2,23,27,28). The van der Waals surface area contributed by atoms with E-state index in [1.807, 2.05) is 45.9 Å². The molecule has 162 valence electrons. The second-order valence-electron chi connectivity index (χ2n) is 7.43. The van der Waals surface area contributed by atoms with E-state index >= 15 is 0 Å². The van der Waals surface area contributed by atoms with Crippen LogP contribution in [-0.4, -0.2) is 26.9 Å². The van der Waals surface area contributed by atoms with Gasteiger partial charge in [-0.1, -0.05) is 45.9 Å². The van der Waals surface area contributed by atoms with Crippen molar-refractivity contribution in [1.82, 2.24) is 0 Å². The molecule has 0 bridgehead atoms. The van der Waals surface area contributed by atoms with Crippen molar-refractivity contribution in [2.75, 3.05) is 11.9 Å². The molecule has 0 aliphatic rings. The fourth-order valence-corrected chi connectivity index (χ4v) is 3.46. The highest BCUT2D eigenvalue weighted by molar-refractivity contribution is 7.89.